The van der Waals surface area contributed by atoms with Crippen LogP contribution in [0.4, 0.5) is 11.6 Å². The van der Waals surface area contributed by atoms with E-state index in [9.17, 15) is 5.26 Å². The van der Waals surface area contributed by atoms with Crippen molar-refractivity contribution in [1.82, 2.24) is 15.0 Å². The Morgan fingerprint density at radius 2 is 1.91 bits per heavy atom. The third-order valence-corrected chi connectivity index (χ3v) is 3.65. The highest BCUT2D eigenvalue weighted by Crippen LogP contribution is 2.21. The second kappa shape index (κ2) is 6.26. The first-order chi connectivity index (χ1) is 10.8. The summed E-state index contributed by atoms with van der Waals surface area (Å²) in [7, 11) is 1.59. The molecule has 0 amide bonds. The molecule has 0 spiro atoms. The Hall–Kier alpha value is -2.88. The molecular formula is C15H16N6O. The van der Waals surface area contributed by atoms with Gasteiger partial charge >= 0.3 is 0 Å². The quantitative estimate of drug-likeness (QED) is 0.838. The molecule has 2 aromatic heterocycles. The van der Waals surface area contributed by atoms with Crippen molar-refractivity contribution in [3.05, 3.63) is 36.3 Å². The van der Waals surface area contributed by atoms with Gasteiger partial charge in [0.05, 0.1) is 12.7 Å². The van der Waals surface area contributed by atoms with Crippen LogP contribution in [0.3, 0.4) is 0 Å². The van der Waals surface area contributed by atoms with Gasteiger partial charge in [0.25, 0.3) is 0 Å². The van der Waals surface area contributed by atoms with Crippen LogP contribution in [0.5, 0.6) is 5.88 Å². The average Bonchev–Trinajstić information content (AvgIpc) is 2.62. The number of anilines is 2. The summed E-state index contributed by atoms with van der Waals surface area (Å²) in [5.74, 6) is 2.17. The van der Waals surface area contributed by atoms with Gasteiger partial charge in [-0.15, -0.1) is 0 Å². The van der Waals surface area contributed by atoms with Gasteiger partial charge in [-0.1, -0.05) is 0 Å². The highest BCUT2D eigenvalue weighted by atomic mass is 16.5. The Morgan fingerprint density at radius 1 is 1.14 bits per heavy atom. The lowest BCUT2D eigenvalue weighted by molar-refractivity contribution is 0.396. The van der Waals surface area contributed by atoms with Gasteiger partial charge in [-0.05, 0) is 12.1 Å². The Kier molecular flexibility index (Phi) is 4.01. The third kappa shape index (κ3) is 2.76. The molecule has 0 aliphatic carbocycles. The van der Waals surface area contributed by atoms with Crippen molar-refractivity contribution in [3.63, 3.8) is 0 Å². The average molecular weight is 296 g/mol. The van der Waals surface area contributed by atoms with Crippen LogP contribution in [-0.2, 0) is 0 Å². The molecule has 1 saturated heterocycles. The number of aromatic nitrogens is 3. The summed E-state index contributed by atoms with van der Waals surface area (Å²) in [6.45, 7) is 3.19. The fourth-order valence-corrected chi connectivity index (χ4v) is 2.50. The predicted molar refractivity (Wildman–Crippen MR) is 82.0 cm³/mol. The Labute approximate surface area is 128 Å². The number of rotatable bonds is 3. The van der Waals surface area contributed by atoms with E-state index in [1.54, 1.807) is 25.4 Å². The maximum atomic E-state index is 9.18. The van der Waals surface area contributed by atoms with E-state index in [1.165, 1.54) is 6.33 Å². The van der Waals surface area contributed by atoms with Crippen molar-refractivity contribution in [2.24, 2.45) is 0 Å². The van der Waals surface area contributed by atoms with E-state index in [4.69, 9.17) is 4.74 Å². The number of pyridine rings is 1. The lowest BCUT2D eigenvalue weighted by Crippen LogP contribution is -2.47. The summed E-state index contributed by atoms with van der Waals surface area (Å²) in [5.41, 5.74) is 0.611. The van der Waals surface area contributed by atoms with E-state index >= 15 is 0 Å². The van der Waals surface area contributed by atoms with Gasteiger partial charge in [0.15, 0.2) is 0 Å². The van der Waals surface area contributed by atoms with E-state index in [1.807, 2.05) is 6.07 Å². The van der Waals surface area contributed by atoms with Crippen molar-refractivity contribution in [1.29, 1.82) is 5.26 Å². The predicted octanol–water partition coefficient (Wildman–Crippen LogP) is 1.08. The van der Waals surface area contributed by atoms with E-state index in [-0.39, 0.29) is 0 Å². The van der Waals surface area contributed by atoms with E-state index in [2.05, 4.69) is 30.8 Å². The van der Waals surface area contributed by atoms with Crippen LogP contribution in [0, 0.1) is 11.3 Å². The van der Waals surface area contributed by atoms with Crippen molar-refractivity contribution in [3.8, 4) is 11.9 Å². The molecule has 1 fully saturated rings. The highest BCUT2D eigenvalue weighted by molar-refractivity contribution is 5.55. The molecule has 0 saturated carbocycles. The number of hydrogen-bond donors (Lipinski definition) is 0. The minimum Gasteiger partial charge on any atom is -0.481 e. The maximum Gasteiger partial charge on any atom is 0.218 e. The molecule has 0 aromatic carbocycles. The van der Waals surface area contributed by atoms with Gasteiger partial charge in [0.1, 0.15) is 24.0 Å². The molecule has 0 atom stereocenters. The molecule has 1 aliphatic rings. The largest absolute Gasteiger partial charge is 0.481 e. The van der Waals surface area contributed by atoms with Crippen LogP contribution in [0.15, 0.2) is 30.7 Å². The standard InChI is InChI=1S/C15H16N6O/c1-22-14-9-13(18-11-19-14)20-5-7-21(8-6-20)15-12(10-16)3-2-4-17-15/h2-4,9,11H,5-8H2,1H3. The lowest BCUT2D eigenvalue weighted by atomic mass is 10.2. The first-order valence-electron chi connectivity index (χ1n) is 7.03. The Bertz CT molecular complexity index is 690. The van der Waals surface area contributed by atoms with Gasteiger partial charge in [0, 0.05) is 38.4 Å². The molecule has 3 heterocycles. The van der Waals surface area contributed by atoms with Gasteiger partial charge in [-0.25, -0.2) is 15.0 Å². The minimum absolute atomic E-state index is 0.559. The SMILES string of the molecule is COc1cc(N2CCN(c3ncccc3C#N)CC2)ncn1. The summed E-state index contributed by atoms with van der Waals surface area (Å²) in [4.78, 5) is 17.0. The van der Waals surface area contributed by atoms with Crippen LogP contribution in [0.25, 0.3) is 0 Å². The number of piperazine rings is 1. The molecule has 112 valence electrons. The van der Waals surface area contributed by atoms with E-state index in [0.29, 0.717) is 11.4 Å². The normalized spacial score (nSPS) is 14.5. The summed E-state index contributed by atoms with van der Waals surface area (Å²) in [5, 5.41) is 9.18. The molecule has 22 heavy (non-hydrogen) atoms. The van der Waals surface area contributed by atoms with Crippen LogP contribution in [0.1, 0.15) is 5.56 Å². The molecule has 0 bridgehead atoms. The minimum atomic E-state index is 0.559. The first kappa shape index (κ1) is 14.1. The van der Waals surface area contributed by atoms with E-state index < -0.39 is 0 Å². The van der Waals surface area contributed by atoms with Crippen molar-refractivity contribution in [2.75, 3.05) is 43.1 Å². The number of nitrogens with zero attached hydrogens (tertiary/aromatic N) is 6. The monoisotopic (exact) mass is 296 g/mol. The zero-order valence-electron chi connectivity index (χ0n) is 12.3. The zero-order chi connectivity index (χ0) is 15.4. The summed E-state index contributed by atoms with van der Waals surface area (Å²) >= 11 is 0. The van der Waals surface area contributed by atoms with Crippen LogP contribution < -0.4 is 14.5 Å². The molecule has 3 rings (SSSR count). The van der Waals surface area contributed by atoms with Gasteiger partial charge < -0.3 is 14.5 Å². The summed E-state index contributed by atoms with van der Waals surface area (Å²) < 4.78 is 5.13. The second-order valence-corrected chi connectivity index (χ2v) is 4.88. The van der Waals surface area contributed by atoms with Crippen molar-refractivity contribution in [2.45, 2.75) is 0 Å². The van der Waals surface area contributed by atoms with Gasteiger partial charge in [0.2, 0.25) is 5.88 Å². The van der Waals surface area contributed by atoms with Crippen LogP contribution in [-0.4, -0.2) is 48.2 Å². The number of hydrogen-bond acceptors (Lipinski definition) is 7. The number of nitriles is 1. The molecule has 0 unspecified atom stereocenters. The fraction of sp³-hybridized carbons (Fsp3) is 0.333. The maximum absolute atomic E-state index is 9.18. The third-order valence-electron chi connectivity index (χ3n) is 3.65. The first-order valence-corrected chi connectivity index (χ1v) is 7.03. The number of methoxy groups -OCH3 is 1. The van der Waals surface area contributed by atoms with Crippen molar-refractivity contribution < 1.29 is 4.74 Å². The topological polar surface area (TPSA) is 78.2 Å². The summed E-state index contributed by atoms with van der Waals surface area (Å²) in [6, 6.07) is 7.61. The number of ether oxygens (including phenoxy) is 1. The second-order valence-electron chi connectivity index (χ2n) is 4.88. The molecule has 0 radical (unpaired) electrons. The van der Waals surface area contributed by atoms with Gasteiger partial charge in [-0.2, -0.15) is 5.26 Å². The summed E-state index contributed by atoms with van der Waals surface area (Å²) in [6.07, 6.45) is 3.23. The zero-order valence-corrected chi connectivity index (χ0v) is 12.3. The smallest absolute Gasteiger partial charge is 0.218 e. The molecular weight excluding hydrogens is 280 g/mol. The lowest BCUT2D eigenvalue weighted by Gasteiger charge is -2.36. The van der Waals surface area contributed by atoms with Gasteiger partial charge in [-0.3, -0.25) is 0 Å². The van der Waals surface area contributed by atoms with Crippen molar-refractivity contribution >= 4 is 11.6 Å². The molecule has 2 aromatic rings. The Morgan fingerprint density at radius 3 is 2.64 bits per heavy atom. The Balaban J connectivity index is 1.71. The molecule has 0 N–H and O–H groups in total. The molecule has 7 heteroatoms. The van der Waals surface area contributed by atoms with E-state index in [0.717, 1.165) is 37.8 Å². The highest BCUT2D eigenvalue weighted by Gasteiger charge is 2.21. The van der Waals surface area contributed by atoms with Crippen LogP contribution >= 0.6 is 0 Å². The molecule has 1 aliphatic heterocycles. The fourth-order valence-electron chi connectivity index (χ4n) is 2.50. The molecule has 7 nitrogen and oxygen atoms in total. The van der Waals surface area contributed by atoms with Crippen LogP contribution in [0.2, 0.25) is 0 Å².